The highest BCUT2D eigenvalue weighted by Gasteiger charge is 2.13. The number of alkyl halides is 2. The van der Waals surface area contributed by atoms with Crippen LogP contribution in [0.2, 0.25) is 0 Å². The molecule has 0 aromatic heterocycles. The molecular weight excluding hydrogens is 344 g/mol. The lowest BCUT2D eigenvalue weighted by molar-refractivity contribution is -0.132. The van der Waals surface area contributed by atoms with E-state index in [1.165, 1.54) is 24.0 Å². The van der Waals surface area contributed by atoms with Crippen molar-refractivity contribution in [2.75, 3.05) is 13.7 Å². The van der Waals surface area contributed by atoms with Crippen LogP contribution in [-0.2, 0) is 11.3 Å². The zero-order valence-corrected chi connectivity index (χ0v) is 14.4. The summed E-state index contributed by atoms with van der Waals surface area (Å²) >= 11 is 0. The third-order valence-corrected chi connectivity index (χ3v) is 3.61. The number of carbonyl (C=O) groups is 2. The molecule has 0 bridgehead atoms. The van der Waals surface area contributed by atoms with Gasteiger partial charge in [0.1, 0.15) is 11.5 Å². The number of hydrogen-bond acceptors (Lipinski definition) is 4. The Morgan fingerprint density at radius 3 is 2.35 bits per heavy atom. The van der Waals surface area contributed by atoms with Gasteiger partial charge in [0.15, 0.2) is 12.4 Å². The van der Waals surface area contributed by atoms with Crippen molar-refractivity contribution < 1.29 is 27.8 Å². The van der Waals surface area contributed by atoms with Gasteiger partial charge in [-0.2, -0.15) is 8.78 Å². The van der Waals surface area contributed by atoms with Crippen molar-refractivity contribution in [3.8, 4) is 11.5 Å². The smallest absolute Gasteiger partial charge is 0.387 e. The first-order valence-electron chi connectivity index (χ1n) is 7.87. The van der Waals surface area contributed by atoms with E-state index in [1.807, 2.05) is 0 Å². The van der Waals surface area contributed by atoms with Crippen molar-refractivity contribution in [3.05, 3.63) is 59.7 Å². The highest BCUT2D eigenvalue weighted by Crippen LogP contribution is 2.19. The maximum Gasteiger partial charge on any atom is 0.387 e. The monoisotopic (exact) mass is 363 g/mol. The molecule has 7 heteroatoms. The molecule has 0 N–H and O–H groups in total. The summed E-state index contributed by atoms with van der Waals surface area (Å²) in [6, 6.07) is 12.7. The molecule has 2 aromatic carbocycles. The molecule has 138 valence electrons. The Labute approximate surface area is 150 Å². The number of hydrogen-bond donors (Lipinski definition) is 0. The van der Waals surface area contributed by atoms with Gasteiger partial charge in [0.05, 0.1) is 5.56 Å². The lowest BCUT2D eigenvalue weighted by Crippen LogP contribution is -2.31. The van der Waals surface area contributed by atoms with Crippen molar-refractivity contribution >= 4 is 11.7 Å². The zero-order valence-electron chi connectivity index (χ0n) is 14.4. The van der Waals surface area contributed by atoms with E-state index in [2.05, 4.69) is 4.74 Å². The molecule has 2 aromatic rings. The fraction of sp³-hybridized carbons (Fsp3) is 0.263. The van der Waals surface area contributed by atoms with Gasteiger partial charge < -0.3 is 14.4 Å². The molecular formula is C19H19F2NO4. The first-order valence-corrected chi connectivity index (χ1v) is 7.87. The number of benzene rings is 2. The molecule has 0 unspecified atom stereocenters. The summed E-state index contributed by atoms with van der Waals surface area (Å²) in [6.07, 6.45) is 0. The summed E-state index contributed by atoms with van der Waals surface area (Å²) in [5, 5.41) is 0. The van der Waals surface area contributed by atoms with Crippen LogP contribution in [0.1, 0.15) is 22.8 Å². The molecule has 0 heterocycles. The Morgan fingerprint density at radius 1 is 1.08 bits per heavy atom. The molecule has 0 aliphatic heterocycles. The van der Waals surface area contributed by atoms with Gasteiger partial charge in [-0.1, -0.05) is 24.3 Å². The molecule has 5 nitrogen and oxygen atoms in total. The minimum absolute atomic E-state index is 0.0573. The summed E-state index contributed by atoms with van der Waals surface area (Å²) in [5.41, 5.74) is 1.17. The molecule has 0 atom stereocenters. The first kappa shape index (κ1) is 19.4. The number of likely N-dealkylation sites (N-methyl/N-ethyl adjacent to an activating group) is 1. The van der Waals surface area contributed by atoms with E-state index in [9.17, 15) is 18.4 Å². The van der Waals surface area contributed by atoms with E-state index >= 15 is 0 Å². The Balaban J connectivity index is 1.91. The molecule has 0 saturated heterocycles. The topological polar surface area (TPSA) is 55.8 Å². The van der Waals surface area contributed by atoms with E-state index in [0.29, 0.717) is 11.3 Å². The number of nitrogens with zero attached hydrogens (tertiary/aromatic N) is 1. The normalized spacial score (nSPS) is 10.5. The van der Waals surface area contributed by atoms with Crippen molar-refractivity contribution in [2.24, 2.45) is 0 Å². The first-order chi connectivity index (χ1) is 12.4. The van der Waals surface area contributed by atoms with Gasteiger partial charge >= 0.3 is 6.61 Å². The lowest BCUT2D eigenvalue weighted by Gasteiger charge is -2.18. The Hall–Kier alpha value is -2.96. The zero-order chi connectivity index (χ0) is 19.1. The van der Waals surface area contributed by atoms with Gasteiger partial charge in [0.2, 0.25) is 0 Å². The number of rotatable bonds is 8. The number of carbonyl (C=O) groups excluding carboxylic acids is 2. The third-order valence-electron chi connectivity index (χ3n) is 3.61. The number of para-hydroxylation sites is 1. The van der Waals surface area contributed by atoms with Crippen LogP contribution in [0.4, 0.5) is 8.78 Å². The van der Waals surface area contributed by atoms with Gasteiger partial charge in [-0.3, -0.25) is 9.59 Å². The van der Waals surface area contributed by atoms with Crippen LogP contribution in [-0.4, -0.2) is 36.9 Å². The molecule has 0 spiro atoms. The molecule has 0 fully saturated rings. The van der Waals surface area contributed by atoms with Gasteiger partial charge in [-0.05, 0) is 36.8 Å². The molecule has 26 heavy (non-hydrogen) atoms. The van der Waals surface area contributed by atoms with Gasteiger partial charge in [0, 0.05) is 13.6 Å². The molecule has 2 rings (SSSR count). The second kappa shape index (κ2) is 8.94. The van der Waals surface area contributed by atoms with E-state index in [4.69, 9.17) is 4.74 Å². The van der Waals surface area contributed by atoms with Crippen molar-refractivity contribution in [2.45, 2.75) is 20.1 Å². The number of ether oxygens (including phenoxy) is 2. The van der Waals surface area contributed by atoms with E-state index < -0.39 is 6.61 Å². The Kier molecular flexibility index (Phi) is 6.66. The lowest BCUT2D eigenvalue weighted by atomic mass is 10.1. The minimum atomic E-state index is -2.87. The summed E-state index contributed by atoms with van der Waals surface area (Å²) in [5.74, 6) is -0.0130. The Bertz CT molecular complexity index is 762. The van der Waals surface area contributed by atoms with Gasteiger partial charge in [-0.15, -0.1) is 0 Å². The van der Waals surface area contributed by atoms with Crippen molar-refractivity contribution in [3.63, 3.8) is 0 Å². The standard InChI is InChI=1S/C19H19F2NO4/c1-13(23)16-5-3-4-6-17(16)25-12-18(24)22(2)11-14-7-9-15(10-8-14)26-19(20)21/h3-10,19H,11-12H2,1-2H3. The van der Waals surface area contributed by atoms with Crippen LogP contribution < -0.4 is 9.47 Å². The highest BCUT2D eigenvalue weighted by molar-refractivity contribution is 5.96. The summed E-state index contributed by atoms with van der Waals surface area (Å²) in [6.45, 7) is -1.38. The summed E-state index contributed by atoms with van der Waals surface area (Å²) < 4.78 is 34.0. The fourth-order valence-corrected chi connectivity index (χ4v) is 2.27. The predicted octanol–water partition coefficient (Wildman–Crippen LogP) is 3.53. The number of halogens is 2. The summed E-state index contributed by atoms with van der Waals surface area (Å²) in [4.78, 5) is 25.2. The molecule has 0 saturated carbocycles. The SMILES string of the molecule is CC(=O)c1ccccc1OCC(=O)N(C)Cc1ccc(OC(F)F)cc1. The van der Waals surface area contributed by atoms with Gasteiger partial charge in [0.25, 0.3) is 5.91 Å². The number of Topliss-reactive ketones (excluding diaryl/α,β-unsaturated/α-hetero) is 1. The van der Waals surface area contributed by atoms with E-state index in [0.717, 1.165) is 5.56 Å². The predicted molar refractivity (Wildman–Crippen MR) is 91.5 cm³/mol. The average Bonchev–Trinajstić information content (AvgIpc) is 2.61. The average molecular weight is 363 g/mol. The van der Waals surface area contributed by atoms with E-state index in [1.54, 1.807) is 43.4 Å². The van der Waals surface area contributed by atoms with Crippen LogP contribution in [0.5, 0.6) is 11.5 Å². The quantitative estimate of drug-likeness (QED) is 0.674. The van der Waals surface area contributed by atoms with E-state index in [-0.39, 0.29) is 30.6 Å². The molecule has 0 aliphatic carbocycles. The Morgan fingerprint density at radius 2 is 1.73 bits per heavy atom. The molecule has 0 aliphatic rings. The minimum Gasteiger partial charge on any atom is -0.483 e. The third kappa shape index (κ3) is 5.54. The number of amides is 1. The van der Waals surface area contributed by atoms with Crippen LogP contribution in [0, 0.1) is 0 Å². The molecule has 1 amide bonds. The van der Waals surface area contributed by atoms with Crippen molar-refractivity contribution in [1.29, 1.82) is 0 Å². The maximum absolute atomic E-state index is 12.2. The summed E-state index contributed by atoms with van der Waals surface area (Å²) in [7, 11) is 1.60. The van der Waals surface area contributed by atoms with Crippen molar-refractivity contribution in [1.82, 2.24) is 4.90 Å². The molecule has 0 radical (unpaired) electrons. The second-order valence-electron chi connectivity index (χ2n) is 5.61. The number of ketones is 1. The highest BCUT2D eigenvalue weighted by atomic mass is 19.3. The van der Waals surface area contributed by atoms with Crippen LogP contribution in [0.25, 0.3) is 0 Å². The largest absolute Gasteiger partial charge is 0.483 e. The van der Waals surface area contributed by atoms with Crippen LogP contribution in [0.3, 0.4) is 0 Å². The van der Waals surface area contributed by atoms with Crippen LogP contribution in [0.15, 0.2) is 48.5 Å². The second-order valence-corrected chi connectivity index (χ2v) is 5.61. The van der Waals surface area contributed by atoms with Crippen LogP contribution >= 0.6 is 0 Å². The van der Waals surface area contributed by atoms with Gasteiger partial charge in [-0.25, -0.2) is 0 Å². The fourth-order valence-electron chi connectivity index (χ4n) is 2.27. The maximum atomic E-state index is 12.2.